The van der Waals surface area contributed by atoms with E-state index in [0.717, 1.165) is 16.5 Å². The van der Waals surface area contributed by atoms with E-state index in [-0.39, 0.29) is 42.3 Å². The molecule has 5 rings (SSSR count). The van der Waals surface area contributed by atoms with Crippen molar-refractivity contribution in [2.75, 3.05) is 33.3 Å². The van der Waals surface area contributed by atoms with Crippen LogP contribution in [0, 0.1) is 5.82 Å². The minimum Gasteiger partial charge on any atom is -0.512 e. The van der Waals surface area contributed by atoms with Crippen molar-refractivity contribution in [3.63, 3.8) is 0 Å². The normalized spacial score (nSPS) is 23.9. The number of aromatic amines is 1. The molecule has 0 radical (unpaired) electrons. The van der Waals surface area contributed by atoms with Crippen molar-refractivity contribution in [1.82, 2.24) is 19.7 Å². The zero-order chi connectivity index (χ0) is 25.8. The average molecular weight is 517 g/mol. The van der Waals surface area contributed by atoms with Crippen molar-refractivity contribution in [1.29, 1.82) is 0 Å². The first kappa shape index (κ1) is 24.8. The number of carbonyl (C=O) groups is 2. The van der Waals surface area contributed by atoms with Gasteiger partial charge in [-0.25, -0.2) is 9.18 Å². The third kappa shape index (κ3) is 3.90. The van der Waals surface area contributed by atoms with Gasteiger partial charge in [-0.1, -0.05) is 17.7 Å². The van der Waals surface area contributed by atoms with Crippen LogP contribution in [0.3, 0.4) is 0 Å². The minimum atomic E-state index is -1.15. The summed E-state index contributed by atoms with van der Waals surface area (Å²) in [6.45, 7) is 3.23. The predicted octanol–water partition coefficient (Wildman–Crippen LogP) is 4.06. The number of urea groups is 1. The SMILES string of the molecule is CN(CCO)CCCN1C(=O)N2[C@H](C3=CCCC(O)=C3)c3[nH]c4cc(F)c(Cl)cc4c3C[C@@]2(C)C1=O. The Hall–Kier alpha value is -2.88. The molecule has 1 aromatic carbocycles. The molecule has 1 saturated heterocycles. The molecular weight excluding hydrogens is 487 g/mol. The van der Waals surface area contributed by atoms with Gasteiger partial charge in [-0.05, 0) is 62.7 Å². The van der Waals surface area contributed by atoms with E-state index in [1.807, 2.05) is 18.0 Å². The number of nitrogens with zero attached hydrogens (tertiary/aromatic N) is 3. The summed E-state index contributed by atoms with van der Waals surface area (Å²) < 4.78 is 14.3. The highest BCUT2D eigenvalue weighted by atomic mass is 35.5. The Morgan fingerprint density at radius 3 is 2.81 bits per heavy atom. The number of fused-ring (bicyclic) bond motifs is 4. The summed E-state index contributed by atoms with van der Waals surface area (Å²) in [5.41, 5.74) is 1.64. The van der Waals surface area contributed by atoms with Gasteiger partial charge in [0, 0.05) is 42.5 Å². The Balaban J connectivity index is 1.58. The number of hydrogen-bond acceptors (Lipinski definition) is 5. The van der Waals surface area contributed by atoms with Crippen molar-refractivity contribution in [2.45, 2.75) is 44.2 Å². The molecule has 1 fully saturated rings. The molecule has 8 nitrogen and oxygen atoms in total. The highest BCUT2D eigenvalue weighted by molar-refractivity contribution is 6.31. The summed E-state index contributed by atoms with van der Waals surface area (Å²) in [5, 5.41) is 20.1. The van der Waals surface area contributed by atoms with Crippen LogP contribution in [0.2, 0.25) is 5.02 Å². The number of aliphatic hydroxyl groups excluding tert-OH is 2. The van der Waals surface area contributed by atoms with Crippen molar-refractivity contribution >= 4 is 34.4 Å². The lowest BCUT2D eigenvalue weighted by molar-refractivity contribution is -0.133. The monoisotopic (exact) mass is 516 g/mol. The Labute approximate surface area is 213 Å². The number of carbonyl (C=O) groups excluding carboxylic acids is 2. The third-order valence-electron chi connectivity index (χ3n) is 7.54. The third-order valence-corrected chi connectivity index (χ3v) is 7.83. The van der Waals surface area contributed by atoms with Crippen LogP contribution in [0.15, 0.2) is 35.6 Å². The van der Waals surface area contributed by atoms with Crippen LogP contribution in [0.4, 0.5) is 9.18 Å². The standard InChI is InChI=1S/C26H30ClFN4O4/c1-26-14-18-17-12-19(27)20(28)13-21(17)29-22(18)23(15-5-3-6-16(34)11-15)32(26)25(36)31(24(26)35)8-4-7-30(2)9-10-33/h5,11-13,23,29,33-34H,3-4,6-10,14H2,1-2H3/t23-,26+/m1/s1. The Morgan fingerprint density at radius 1 is 1.31 bits per heavy atom. The van der Waals surface area contributed by atoms with Gasteiger partial charge in [0.25, 0.3) is 5.91 Å². The molecule has 0 bridgehead atoms. The van der Waals surface area contributed by atoms with Crippen molar-refractivity contribution in [3.8, 4) is 0 Å². The number of allylic oxidation sites excluding steroid dienone is 2. The zero-order valence-electron chi connectivity index (χ0n) is 20.4. The number of rotatable bonds is 7. The van der Waals surface area contributed by atoms with Crippen LogP contribution in [0.5, 0.6) is 0 Å². The molecular formula is C26H30ClFN4O4. The number of H-pyrrole nitrogens is 1. The Morgan fingerprint density at radius 2 is 2.08 bits per heavy atom. The second-order valence-electron chi connectivity index (χ2n) is 10.1. The summed E-state index contributed by atoms with van der Waals surface area (Å²) in [4.78, 5) is 35.7. The quantitative estimate of drug-likeness (QED) is 0.482. The topological polar surface area (TPSA) is 100 Å². The van der Waals surface area contributed by atoms with E-state index in [1.54, 1.807) is 24.0 Å². The van der Waals surface area contributed by atoms with Crippen LogP contribution in [0.1, 0.15) is 43.5 Å². The maximum Gasteiger partial charge on any atom is 0.328 e. The predicted molar refractivity (Wildman–Crippen MR) is 134 cm³/mol. The molecule has 3 N–H and O–H groups in total. The molecule has 1 aromatic heterocycles. The second kappa shape index (κ2) is 9.21. The fraction of sp³-hybridized carbons (Fsp3) is 0.462. The summed E-state index contributed by atoms with van der Waals surface area (Å²) >= 11 is 6.12. The maximum atomic E-state index is 14.3. The van der Waals surface area contributed by atoms with E-state index in [1.165, 1.54) is 11.0 Å². The smallest absolute Gasteiger partial charge is 0.328 e. The van der Waals surface area contributed by atoms with E-state index in [9.17, 15) is 19.1 Å². The molecule has 3 amide bonds. The lowest BCUT2D eigenvalue weighted by atomic mass is 9.80. The van der Waals surface area contributed by atoms with Crippen LogP contribution in [-0.2, 0) is 11.2 Å². The van der Waals surface area contributed by atoms with E-state index in [4.69, 9.17) is 16.7 Å². The van der Waals surface area contributed by atoms with Crippen molar-refractivity contribution in [2.24, 2.45) is 0 Å². The van der Waals surface area contributed by atoms with E-state index in [2.05, 4.69) is 4.98 Å². The fourth-order valence-electron chi connectivity index (χ4n) is 5.74. The highest BCUT2D eigenvalue weighted by Crippen LogP contribution is 2.50. The van der Waals surface area contributed by atoms with Crippen molar-refractivity contribution < 1.29 is 24.2 Å². The maximum absolute atomic E-state index is 14.3. The Kier molecular flexibility index (Phi) is 6.34. The second-order valence-corrected chi connectivity index (χ2v) is 10.5. The molecule has 3 heterocycles. The van der Waals surface area contributed by atoms with Gasteiger partial charge < -0.3 is 20.1 Å². The average Bonchev–Trinajstić information content (AvgIpc) is 3.25. The first-order chi connectivity index (χ1) is 17.2. The molecule has 0 unspecified atom stereocenters. The molecule has 192 valence electrons. The molecule has 2 aliphatic heterocycles. The van der Waals surface area contributed by atoms with E-state index < -0.39 is 17.4 Å². The number of nitrogens with one attached hydrogen (secondary N) is 1. The number of likely N-dealkylation sites (N-methyl/N-ethyl adjacent to an activating group) is 1. The number of aliphatic hydroxyl groups is 2. The lowest BCUT2D eigenvalue weighted by Gasteiger charge is -2.43. The van der Waals surface area contributed by atoms with Gasteiger partial charge >= 0.3 is 6.03 Å². The molecule has 36 heavy (non-hydrogen) atoms. The van der Waals surface area contributed by atoms with Crippen LogP contribution >= 0.6 is 11.6 Å². The first-order valence-electron chi connectivity index (χ1n) is 12.2. The van der Waals surface area contributed by atoms with Crippen LogP contribution < -0.4 is 0 Å². The summed E-state index contributed by atoms with van der Waals surface area (Å²) in [6, 6.07) is 1.87. The van der Waals surface area contributed by atoms with E-state index in [0.29, 0.717) is 43.6 Å². The molecule has 1 aliphatic carbocycles. The van der Waals surface area contributed by atoms with E-state index >= 15 is 0 Å². The van der Waals surface area contributed by atoms with Crippen LogP contribution in [-0.4, -0.2) is 80.7 Å². The van der Waals surface area contributed by atoms with Gasteiger partial charge in [-0.15, -0.1) is 0 Å². The zero-order valence-corrected chi connectivity index (χ0v) is 21.1. The van der Waals surface area contributed by atoms with Gasteiger partial charge in [0.1, 0.15) is 17.4 Å². The summed E-state index contributed by atoms with van der Waals surface area (Å²) in [7, 11) is 1.88. The number of amides is 3. The fourth-order valence-corrected chi connectivity index (χ4v) is 5.90. The van der Waals surface area contributed by atoms with Crippen LogP contribution in [0.25, 0.3) is 10.9 Å². The van der Waals surface area contributed by atoms with Gasteiger partial charge in [0.2, 0.25) is 0 Å². The molecule has 3 aliphatic rings. The van der Waals surface area contributed by atoms with Gasteiger partial charge in [0.05, 0.1) is 17.4 Å². The highest BCUT2D eigenvalue weighted by Gasteiger charge is 2.60. The number of hydrogen-bond donors (Lipinski definition) is 3. The molecule has 2 atom stereocenters. The van der Waals surface area contributed by atoms with Gasteiger partial charge in [-0.3, -0.25) is 14.6 Å². The summed E-state index contributed by atoms with van der Waals surface area (Å²) in [5.74, 6) is -0.613. The first-order valence-corrected chi connectivity index (χ1v) is 12.6. The Bertz CT molecular complexity index is 1300. The number of aromatic nitrogens is 1. The minimum absolute atomic E-state index is 0.00898. The molecule has 0 spiro atoms. The number of halogens is 2. The largest absolute Gasteiger partial charge is 0.512 e. The molecule has 2 aromatic rings. The number of imide groups is 1. The van der Waals surface area contributed by atoms with Gasteiger partial charge in [0.15, 0.2) is 0 Å². The lowest BCUT2D eigenvalue weighted by Crippen LogP contribution is -2.53. The molecule has 10 heteroatoms. The summed E-state index contributed by atoms with van der Waals surface area (Å²) in [6.07, 6.45) is 5.59. The van der Waals surface area contributed by atoms with Crippen molar-refractivity contribution in [3.05, 3.63) is 57.7 Å². The number of benzene rings is 1. The molecule has 0 saturated carbocycles. The van der Waals surface area contributed by atoms with Gasteiger partial charge in [-0.2, -0.15) is 0 Å².